The van der Waals surface area contributed by atoms with E-state index in [1.165, 1.54) is 49.5 Å². The summed E-state index contributed by atoms with van der Waals surface area (Å²) in [6.07, 6.45) is 6.54. The van der Waals surface area contributed by atoms with Crippen LogP contribution in [0.15, 0.2) is 56.6 Å². The van der Waals surface area contributed by atoms with Crippen LogP contribution in [-0.4, -0.2) is 27.0 Å². The van der Waals surface area contributed by atoms with Crippen LogP contribution in [0.5, 0.6) is 0 Å². The van der Waals surface area contributed by atoms with Crippen molar-refractivity contribution in [1.82, 2.24) is 4.98 Å². The highest BCUT2D eigenvalue weighted by Crippen LogP contribution is 2.32. The molecule has 0 spiro atoms. The fourth-order valence-corrected chi connectivity index (χ4v) is 6.02. The van der Waals surface area contributed by atoms with Crippen molar-refractivity contribution in [3.05, 3.63) is 52.9 Å². The highest BCUT2D eigenvalue weighted by Gasteiger charge is 2.17. The van der Waals surface area contributed by atoms with Crippen molar-refractivity contribution in [2.24, 2.45) is 5.92 Å². The Bertz CT molecular complexity index is 1420. The van der Waals surface area contributed by atoms with Gasteiger partial charge in [0.1, 0.15) is 10.6 Å². The minimum Gasteiger partial charge on any atom is -0.422 e. The number of aromatic nitrogens is 1. The van der Waals surface area contributed by atoms with Gasteiger partial charge in [-0.3, -0.25) is 0 Å². The molecule has 1 aliphatic rings. The smallest absolute Gasteiger partial charge is 0.346 e. The van der Waals surface area contributed by atoms with E-state index >= 15 is 0 Å². The highest BCUT2D eigenvalue weighted by atomic mass is 32.2. The Kier molecular flexibility index (Phi) is 5.73. The Hall–Kier alpha value is -2.71. The molecule has 1 saturated carbocycles. The number of fused-ring (bicyclic) bond motifs is 2. The standard InChI is InChI=1S/C24H24N2O4S2/c1-26(14-15-5-3-2-4-6-15)17-8-7-16-11-19(24(27)30-21(16)12-17)23-25-20-10-9-18(32(28)29)13-22(20)31-23/h7-13,15,32H,2-6,14H2,1H3. The van der Waals surface area contributed by atoms with Gasteiger partial charge in [-0.05, 0) is 55.2 Å². The molecule has 0 N–H and O–H groups in total. The summed E-state index contributed by atoms with van der Waals surface area (Å²) in [6.45, 7) is 1.01. The number of nitrogens with zero attached hydrogens (tertiary/aromatic N) is 2. The Labute approximate surface area is 191 Å². The molecule has 166 valence electrons. The van der Waals surface area contributed by atoms with Crippen molar-refractivity contribution in [1.29, 1.82) is 0 Å². The monoisotopic (exact) mass is 468 g/mol. The summed E-state index contributed by atoms with van der Waals surface area (Å²) in [5.41, 5.74) is 2.19. The third-order valence-electron chi connectivity index (χ3n) is 6.23. The zero-order valence-corrected chi connectivity index (χ0v) is 19.5. The molecule has 0 amide bonds. The molecule has 2 aromatic heterocycles. The minimum absolute atomic E-state index is 0.234. The van der Waals surface area contributed by atoms with Crippen LogP contribution >= 0.6 is 11.3 Å². The number of thiol groups is 1. The van der Waals surface area contributed by atoms with Crippen molar-refractivity contribution in [3.63, 3.8) is 0 Å². The van der Waals surface area contributed by atoms with Crippen LogP contribution in [0.3, 0.4) is 0 Å². The first kappa shape index (κ1) is 21.2. The third kappa shape index (κ3) is 4.17. The Morgan fingerprint density at radius 3 is 2.69 bits per heavy atom. The van der Waals surface area contributed by atoms with E-state index in [0.717, 1.165) is 28.2 Å². The number of hydrogen-bond acceptors (Lipinski definition) is 7. The molecule has 0 saturated heterocycles. The summed E-state index contributed by atoms with van der Waals surface area (Å²) in [5.74, 6) is 0.720. The maximum atomic E-state index is 12.8. The van der Waals surface area contributed by atoms with Gasteiger partial charge in [-0.25, -0.2) is 18.2 Å². The first-order valence-electron chi connectivity index (χ1n) is 10.8. The lowest BCUT2D eigenvalue weighted by molar-refractivity contribution is 0.362. The molecule has 4 aromatic rings. The van der Waals surface area contributed by atoms with Gasteiger partial charge in [0.25, 0.3) is 0 Å². The molecule has 1 fully saturated rings. The predicted molar refractivity (Wildman–Crippen MR) is 130 cm³/mol. The Morgan fingerprint density at radius 2 is 1.91 bits per heavy atom. The van der Waals surface area contributed by atoms with Crippen LogP contribution in [0, 0.1) is 5.92 Å². The summed E-state index contributed by atoms with van der Waals surface area (Å²) in [4.78, 5) is 19.8. The lowest BCUT2D eigenvalue weighted by Gasteiger charge is -2.28. The third-order valence-corrected chi connectivity index (χ3v) is 7.98. The van der Waals surface area contributed by atoms with Crippen LogP contribution in [0.1, 0.15) is 32.1 Å². The van der Waals surface area contributed by atoms with Gasteiger partial charge in [-0.1, -0.05) is 19.3 Å². The molecule has 1 aliphatic carbocycles. The number of benzene rings is 2. The lowest BCUT2D eigenvalue weighted by atomic mass is 9.89. The van der Waals surface area contributed by atoms with Crippen LogP contribution in [0.2, 0.25) is 0 Å². The van der Waals surface area contributed by atoms with Crippen LogP contribution in [0.4, 0.5) is 5.69 Å². The Balaban J connectivity index is 1.46. The second kappa shape index (κ2) is 8.67. The topological polar surface area (TPSA) is 80.5 Å². The van der Waals surface area contributed by atoms with Crippen molar-refractivity contribution in [2.75, 3.05) is 18.5 Å². The summed E-state index contributed by atoms with van der Waals surface area (Å²) in [7, 11) is -0.573. The zero-order valence-electron chi connectivity index (χ0n) is 17.7. The fourth-order valence-electron chi connectivity index (χ4n) is 4.49. The molecule has 32 heavy (non-hydrogen) atoms. The van der Waals surface area contributed by atoms with Gasteiger partial charge < -0.3 is 9.32 Å². The van der Waals surface area contributed by atoms with Gasteiger partial charge in [0.15, 0.2) is 10.7 Å². The molecule has 8 heteroatoms. The number of anilines is 1. The van der Waals surface area contributed by atoms with E-state index in [1.54, 1.807) is 18.2 Å². The summed E-state index contributed by atoms with van der Waals surface area (Å²) in [5, 5.41) is 1.35. The van der Waals surface area contributed by atoms with Gasteiger partial charge in [0, 0.05) is 30.7 Å². The van der Waals surface area contributed by atoms with Gasteiger partial charge in [0.05, 0.1) is 20.7 Å². The van der Waals surface area contributed by atoms with Crippen LogP contribution < -0.4 is 10.5 Å². The van der Waals surface area contributed by atoms with Crippen molar-refractivity contribution in [2.45, 2.75) is 37.0 Å². The van der Waals surface area contributed by atoms with E-state index in [-0.39, 0.29) is 4.90 Å². The molecule has 0 unspecified atom stereocenters. The fraction of sp³-hybridized carbons (Fsp3) is 0.333. The molecule has 2 aromatic carbocycles. The van der Waals surface area contributed by atoms with Crippen molar-refractivity contribution < 1.29 is 12.8 Å². The van der Waals surface area contributed by atoms with Gasteiger partial charge in [-0.2, -0.15) is 0 Å². The molecule has 0 aliphatic heterocycles. The lowest BCUT2D eigenvalue weighted by Crippen LogP contribution is -2.26. The van der Waals surface area contributed by atoms with Crippen LogP contribution in [0.25, 0.3) is 31.8 Å². The van der Waals surface area contributed by atoms with E-state index < -0.39 is 16.3 Å². The van der Waals surface area contributed by atoms with Gasteiger partial charge >= 0.3 is 5.63 Å². The molecule has 0 bridgehead atoms. The number of rotatable bonds is 5. The first-order chi connectivity index (χ1) is 15.5. The van der Waals surface area contributed by atoms with E-state index in [9.17, 15) is 13.2 Å². The predicted octanol–water partition coefficient (Wildman–Crippen LogP) is 5.06. The molecule has 6 nitrogen and oxygen atoms in total. The van der Waals surface area contributed by atoms with Gasteiger partial charge in [-0.15, -0.1) is 11.3 Å². The second-order valence-corrected chi connectivity index (χ2v) is 10.5. The highest BCUT2D eigenvalue weighted by molar-refractivity contribution is 7.72. The van der Waals surface area contributed by atoms with Crippen molar-refractivity contribution >= 4 is 48.9 Å². The van der Waals surface area contributed by atoms with E-state index in [1.807, 2.05) is 12.1 Å². The second-order valence-electron chi connectivity index (χ2n) is 8.48. The number of hydrogen-bond donors (Lipinski definition) is 1. The summed E-state index contributed by atoms with van der Waals surface area (Å²) >= 11 is 1.29. The molecular weight excluding hydrogens is 444 g/mol. The zero-order chi connectivity index (χ0) is 22.2. The Morgan fingerprint density at radius 1 is 1.09 bits per heavy atom. The largest absolute Gasteiger partial charge is 0.422 e. The van der Waals surface area contributed by atoms with E-state index in [0.29, 0.717) is 21.7 Å². The summed E-state index contributed by atoms with van der Waals surface area (Å²) in [6, 6.07) is 12.5. The van der Waals surface area contributed by atoms with E-state index in [4.69, 9.17) is 4.42 Å². The van der Waals surface area contributed by atoms with Crippen molar-refractivity contribution in [3.8, 4) is 10.6 Å². The number of thiazole rings is 1. The maximum Gasteiger partial charge on any atom is 0.346 e. The average molecular weight is 469 g/mol. The molecular formula is C24H24N2O4S2. The maximum absolute atomic E-state index is 12.8. The SMILES string of the molecule is CN(CC1CCCCC1)c1ccc2cc(-c3nc4ccc([SH](=O)=O)cc4s3)c(=O)oc2c1. The average Bonchev–Trinajstić information content (AvgIpc) is 3.22. The van der Waals surface area contributed by atoms with Gasteiger partial charge in [0.2, 0.25) is 0 Å². The van der Waals surface area contributed by atoms with Crippen LogP contribution in [-0.2, 0) is 10.7 Å². The minimum atomic E-state index is -2.66. The molecule has 0 radical (unpaired) electrons. The first-order valence-corrected chi connectivity index (χ1v) is 12.8. The quantitative estimate of drug-likeness (QED) is 0.326. The normalized spacial score (nSPS) is 15.1. The summed E-state index contributed by atoms with van der Waals surface area (Å²) < 4.78 is 28.9. The molecule has 0 atom stereocenters. The molecule has 5 rings (SSSR count). The van der Waals surface area contributed by atoms with E-state index in [2.05, 4.69) is 23.0 Å². The molecule has 2 heterocycles.